The first kappa shape index (κ1) is 10.3. The van der Waals surface area contributed by atoms with E-state index in [0.29, 0.717) is 5.52 Å². The molecule has 0 amide bonds. The second-order valence-corrected chi connectivity index (χ2v) is 3.41. The Morgan fingerprint density at radius 1 is 1.47 bits per heavy atom. The number of imidazole rings is 1. The Hall–Kier alpha value is -1.20. The van der Waals surface area contributed by atoms with Crippen LogP contribution in [0, 0.1) is 0 Å². The Kier molecular flexibility index (Phi) is 2.58. The zero-order valence-electron chi connectivity index (χ0n) is 7.36. The number of hydrogen-bond donors (Lipinski definition) is 0. The van der Waals surface area contributed by atoms with Gasteiger partial charge in [0.15, 0.2) is 17.1 Å². The molecule has 0 aliphatic rings. The SMILES string of the molecule is C=CC(F)n1cnc2c(Cl)nc(Cl)nc21. The van der Waals surface area contributed by atoms with Crippen LogP contribution in [-0.4, -0.2) is 19.5 Å². The maximum absolute atomic E-state index is 13.3. The van der Waals surface area contributed by atoms with Gasteiger partial charge in [0.2, 0.25) is 5.28 Å². The molecule has 1 unspecified atom stereocenters. The Balaban J connectivity index is 2.73. The third-order valence-electron chi connectivity index (χ3n) is 1.81. The fourth-order valence-electron chi connectivity index (χ4n) is 1.15. The smallest absolute Gasteiger partial charge is 0.225 e. The van der Waals surface area contributed by atoms with Crippen molar-refractivity contribution in [3.05, 3.63) is 29.4 Å². The molecule has 0 aliphatic carbocycles. The van der Waals surface area contributed by atoms with Crippen LogP contribution in [0.5, 0.6) is 0 Å². The fraction of sp³-hybridized carbons (Fsp3) is 0.125. The van der Waals surface area contributed by atoms with Crippen molar-refractivity contribution >= 4 is 34.4 Å². The van der Waals surface area contributed by atoms with E-state index in [4.69, 9.17) is 23.2 Å². The average Bonchev–Trinajstić information content (AvgIpc) is 2.60. The van der Waals surface area contributed by atoms with Crippen molar-refractivity contribution in [3.8, 4) is 0 Å². The van der Waals surface area contributed by atoms with Crippen molar-refractivity contribution in [3.63, 3.8) is 0 Å². The lowest BCUT2D eigenvalue weighted by Gasteiger charge is -2.04. The Labute approximate surface area is 94.4 Å². The van der Waals surface area contributed by atoms with Gasteiger partial charge in [0.25, 0.3) is 0 Å². The van der Waals surface area contributed by atoms with Gasteiger partial charge in [-0.1, -0.05) is 18.2 Å². The summed E-state index contributed by atoms with van der Waals surface area (Å²) in [7, 11) is 0. The maximum Gasteiger partial charge on any atom is 0.225 e. The molecule has 2 aromatic rings. The topological polar surface area (TPSA) is 43.6 Å². The van der Waals surface area contributed by atoms with Gasteiger partial charge in [0.05, 0.1) is 6.33 Å². The summed E-state index contributed by atoms with van der Waals surface area (Å²) in [6.45, 7) is 3.34. The fourth-order valence-corrected chi connectivity index (χ4v) is 1.57. The molecule has 0 radical (unpaired) electrons. The molecule has 0 N–H and O–H groups in total. The van der Waals surface area contributed by atoms with Crippen LogP contribution in [0.1, 0.15) is 6.30 Å². The number of allylic oxidation sites excluding steroid dienone is 1. The van der Waals surface area contributed by atoms with E-state index in [2.05, 4.69) is 21.5 Å². The molecule has 2 aromatic heterocycles. The molecule has 0 fully saturated rings. The van der Waals surface area contributed by atoms with Crippen LogP contribution < -0.4 is 0 Å². The minimum absolute atomic E-state index is 0.0505. The minimum atomic E-state index is -1.42. The largest absolute Gasteiger partial charge is 0.280 e. The number of halogens is 3. The normalized spacial score (nSPS) is 13.0. The highest BCUT2D eigenvalue weighted by Crippen LogP contribution is 2.23. The van der Waals surface area contributed by atoms with Gasteiger partial charge in [-0.05, 0) is 17.7 Å². The van der Waals surface area contributed by atoms with Crippen molar-refractivity contribution in [1.29, 1.82) is 0 Å². The minimum Gasteiger partial charge on any atom is -0.280 e. The Morgan fingerprint density at radius 2 is 2.20 bits per heavy atom. The summed E-state index contributed by atoms with van der Waals surface area (Å²) in [5.74, 6) is 0. The monoisotopic (exact) mass is 246 g/mol. The summed E-state index contributed by atoms with van der Waals surface area (Å²) in [5, 5.41) is 0.0468. The first-order chi connectivity index (χ1) is 7.13. The van der Waals surface area contributed by atoms with E-state index < -0.39 is 6.30 Å². The van der Waals surface area contributed by atoms with Gasteiger partial charge in [-0.3, -0.25) is 4.57 Å². The molecule has 0 bridgehead atoms. The van der Waals surface area contributed by atoms with Crippen LogP contribution in [0.4, 0.5) is 4.39 Å². The van der Waals surface area contributed by atoms with Crippen LogP contribution in [-0.2, 0) is 0 Å². The van der Waals surface area contributed by atoms with Gasteiger partial charge in [-0.25, -0.2) is 14.4 Å². The number of nitrogens with zero attached hydrogens (tertiary/aromatic N) is 4. The molecular formula is C8H5Cl2FN4. The molecule has 4 nitrogen and oxygen atoms in total. The molecule has 0 aliphatic heterocycles. The standard InChI is InChI=1S/C8H5Cl2FN4/c1-2-4(11)15-3-12-5-6(9)13-8(10)14-7(5)15/h2-4H,1H2. The Morgan fingerprint density at radius 3 is 2.87 bits per heavy atom. The second-order valence-electron chi connectivity index (χ2n) is 2.72. The lowest BCUT2D eigenvalue weighted by atomic mass is 10.5. The summed E-state index contributed by atoms with van der Waals surface area (Å²) < 4.78 is 14.5. The molecule has 7 heteroatoms. The number of fused-ring (bicyclic) bond motifs is 1. The van der Waals surface area contributed by atoms with E-state index in [1.807, 2.05) is 0 Å². The van der Waals surface area contributed by atoms with Gasteiger partial charge in [0.1, 0.15) is 5.52 Å². The van der Waals surface area contributed by atoms with Crippen molar-refractivity contribution in [2.75, 3.05) is 0 Å². The number of alkyl halides is 1. The number of hydrogen-bond acceptors (Lipinski definition) is 3. The summed E-state index contributed by atoms with van der Waals surface area (Å²) in [5.41, 5.74) is 0.554. The van der Waals surface area contributed by atoms with E-state index in [-0.39, 0.29) is 16.1 Å². The van der Waals surface area contributed by atoms with Gasteiger partial charge in [-0.2, -0.15) is 4.98 Å². The van der Waals surface area contributed by atoms with Crippen LogP contribution in [0.2, 0.25) is 10.4 Å². The predicted octanol–water partition coefficient (Wildman–Crippen LogP) is 2.79. The van der Waals surface area contributed by atoms with Crippen molar-refractivity contribution in [2.45, 2.75) is 6.30 Å². The quantitative estimate of drug-likeness (QED) is 0.465. The molecule has 0 aromatic carbocycles. The van der Waals surface area contributed by atoms with Crippen molar-refractivity contribution in [2.24, 2.45) is 0 Å². The predicted molar refractivity (Wildman–Crippen MR) is 55.7 cm³/mol. The molecule has 2 heterocycles. The van der Waals surface area contributed by atoms with E-state index in [9.17, 15) is 4.39 Å². The van der Waals surface area contributed by atoms with Gasteiger partial charge < -0.3 is 0 Å². The molecule has 2 rings (SSSR count). The summed E-state index contributed by atoms with van der Waals surface area (Å²) >= 11 is 11.4. The molecule has 0 saturated carbocycles. The van der Waals surface area contributed by atoms with Gasteiger partial charge in [0, 0.05) is 0 Å². The van der Waals surface area contributed by atoms with Gasteiger partial charge in [-0.15, -0.1) is 0 Å². The van der Waals surface area contributed by atoms with E-state index in [1.54, 1.807) is 0 Å². The lowest BCUT2D eigenvalue weighted by molar-refractivity contribution is 0.312. The number of rotatable bonds is 2. The summed E-state index contributed by atoms with van der Waals surface area (Å²) in [6.07, 6.45) is 0.968. The zero-order chi connectivity index (χ0) is 11.0. The first-order valence-electron chi connectivity index (χ1n) is 3.95. The van der Waals surface area contributed by atoms with Crippen LogP contribution >= 0.6 is 23.2 Å². The molecular weight excluding hydrogens is 242 g/mol. The third-order valence-corrected chi connectivity index (χ3v) is 2.24. The Bertz CT molecular complexity index is 525. The average molecular weight is 247 g/mol. The maximum atomic E-state index is 13.3. The first-order valence-corrected chi connectivity index (χ1v) is 4.71. The molecule has 1 atom stereocenters. The van der Waals surface area contributed by atoms with Crippen LogP contribution in [0.15, 0.2) is 19.0 Å². The highest BCUT2D eigenvalue weighted by molar-refractivity contribution is 6.35. The van der Waals surface area contributed by atoms with Crippen LogP contribution in [0.25, 0.3) is 11.2 Å². The van der Waals surface area contributed by atoms with Crippen molar-refractivity contribution in [1.82, 2.24) is 19.5 Å². The van der Waals surface area contributed by atoms with Crippen LogP contribution in [0.3, 0.4) is 0 Å². The molecule has 0 spiro atoms. The second kappa shape index (κ2) is 3.75. The molecule has 0 saturated heterocycles. The number of aromatic nitrogens is 4. The summed E-state index contributed by atoms with van der Waals surface area (Å²) in [4.78, 5) is 11.4. The highest BCUT2D eigenvalue weighted by atomic mass is 35.5. The lowest BCUT2D eigenvalue weighted by Crippen LogP contribution is -2.00. The van der Waals surface area contributed by atoms with Crippen molar-refractivity contribution < 1.29 is 4.39 Å². The zero-order valence-corrected chi connectivity index (χ0v) is 8.87. The molecule has 15 heavy (non-hydrogen) atoms. The molecule has 78 valence electrons. The third kappa shape index (κ3) is 1.68. The van der Waals surface area contributed by atoms with E-state index in [1.165, 1.54) is 10.9 Å². The highest BCUT2D eigenvalue weighted by Gasteiger charge is 2.14. The van der Waals surface area contributed by atoms with Gasteiger partial charge >= 0.3 is 0 Å². The summed E-state index contributed by atoms with van der Waals surface area (Å²) in [6, 6.07) is 0. The van der Waals surface area contributed by atoms with E-state index >= 15 is 0 Å². The van der Waals surface area contributed by atoms with E-state index in [0.717, 1.165) is 6.08 Å².